The van der Waals surface area contributed by atoms with Gasteiger partial charge in [-0.3, -0.25) is 14.5 Å². The lowest BCUT2D eigenvalue weighted by Crippen LogP contribution is -2.42. The molecule has 0 aromatic heterocycles. The Bertz CT molecular complexity index is 1150. The summed E-state index contributed by atoms with van der Waals surface area (Å²) in [5.74, 6) is -0.219. The molecule has 2 aliphatic heterocycles. The predicted octanol–water partition coefficient (Wildman–Crippen LogP) is 3.32. The number of aliphatic hydroxyl groups is 1. The summed E-state index contributed by atoms with van der Waals surface area (Å²) in [6, 6.07) is 11.7. The smallest absolute Gasteiger partial charge is 0.295 e. The van der Waals surface area contributed by atoms with E-state index in [1.165, 1.54) is 0 Å². The number of Topliss-reactive ketones (excluding diaryl/α,β-unsaturated/α-hetero) is 1. The normalized spacial score (nSPS) is 19.9. The number of hydrogen-bond acceptors (Lipinski definition) is 7. The van der Waals surface area contributed by atoms with Gasteiger partial charge in [-0.2, -0.15) is 0 Å². The second-order valence-electron chi connectivity index (χ2n) is 8.80. The first-order chi connectivity index (χ1) is 17.4. The minimum absolute atomic E-state index is 0.0787. The average molecular weight is 493 g/mol. The fourth-order valence-corrected chi connectivity index (χ4v) is 4.61. The molecule has 2 fully saturated rings. The topological polar surface area (TPSA) is 88.5 Å². The summed E-state index contributed by atoms with van der Waals surface area (Å²) in [6.45, 7) is 9.63. The predicted molar refractivity (Wildman–Crippen MR) is 136 cm³/mol. The Labute approximate surface area is 211 Å². The van der Waals surface area contributed by atoms with Crippen LogP contribution in [-0.2, 0) is 14.3 Å². The second kappa shape index (κ2) is 11.4. The van der Waals surface area contributed by atoms with Crippen molar-refractivity contribution in [3.05, 3.63) is 77.4 Å². The molecule has 2 aliphatic rings. The van der Waals surface area contributed by atoms with Gasteiger partial charge in [-0.05, 0) is 48.4 Å². The zero-order chi connectivity index (χ0) is 25.7. The Kier molecular flexibility index (Phi) is 8.07. The first-order valence-electron chi connectivity index (χ1n) is 12.0. The number of amides is 1. The maximum atomic E-state index is 13.3. The molecule has 0 saturated carbocycles. The van der Waals surface area contributed by atoms with Gasteiger partial charge >= 0.3 is 0 Å². The number of carbonyl (C=O) groups excluding carboxylic acids is 2. The summed E-state index contributed by atoms with van der Waals surface area (Å²) < 4.78 is 16.3. The van der Waals surface area contributed by atoms with Crippen molar-refractivity contribution in [2.45, 2.75) is 13.0 Å². The van der Waals surface area contributed by atoms with Crippen molar-refractivity contribution in [2.24, 2.45) is 0 Å². The van der Waals surface area contributed by atoms with E-state index in [-0.39, 0.29) is 11.3 Å². The Balaban J connectivity index is 1.73. The molecule has 0 bridgehead atoms. The van der Waals surface area contributed by atoms with Crippen LogP contribution in [0.5, 0.6) is 11.5 Å². The van der Waals surface area contributed by atoms with E-state index in [2.05, 4.69) is 11.5 Å². The molecule has 2 saturated heterocycles. The van der Waals surface area contributed by atoms with E-state index in [0.717, 1.165) is 24.2 Å². The molecular weight excluding hydrogens is 460 g/mol. The van der Waals surface area contributed by atoms with Gasteiger partial charge in [-0.15, -0.1) is 0 Å². The standard InChI is InChI=1S/C28H32N2O6/c1-4-15-36-22-9-10-23(19(2)18-22)26(31)24-25(20-5-7-21(34-3)8-6-20)30(28(33)27(24)32)12-11-29-13-16-35-17-14-29/h4-10,18,25,31H,1,11-17H2,2-3H3/b26-24-. The van der Waals surface area contributed by atoms with Crippen LogP contribution in [0.1, 0.15) is 22.7 Å². The zero-order valence-electron chi connectivity index (χ0n) is 20.7. The molecule has 8 heteroatoms. The third-order valence-electron chi connectivity index (χ3n) is 6.55. The maximum Gasteiger partial charge on any atom is 0.295 e. The number of likely N-dealkylation sites (tertiary alicyclic amines) is 1. The highest BCUT2D eigenvalue weighted by Gasteiger charge is 2.46. The molecule has 190 valence electrons. The Morgan fingerprint density at radius 1 is 1.11 bits per heavy atom. The highest BCUT2D eigenvalue weighted by molar-refractivity contribution is 6.46. The van der Waals surface area contributed by atoms with Crippen molar-refractivity contribution >= 4 is 17.4 Å². The lowest BCUT2D eigenvalue weighted by Gasteiger charge is -2.31. The van der Waals surface area contributed by atoms with Gasteiger partial charge in [-0.1, -0.05) is 24.8 Å². The van der Waals surface area contributed by atoms with Crippen molar-refractivity contribution in [2.75, 3.05) is 53.1 Å². The number of hydrogen-bond donors (Lipinski definition) is 1. The summed E-state index contributed by atoms with van der Waals surface area (Å²) in [4.78, 5) is 30.3. The number of rotatable bonds is 9. The van der Waals surface area contributed by atoms with Gasteiger partial charge in [0, 0.05) is 31.7 Å². The van der Waals surface area contributed by atoms with Crippen LogP contribution >= 0.6 is 0 Å². The Morgan fingerprint density at radius 2 is 1.81 bits per heavy atom. The second-order valence-corrected chi connectivity index (χ2v) is 8.80. The summed E-state index contributed by atoms with van der Waals surface area (Å²) >= 11 is 0. The van der Waals surface area contributed by atoms with Gasteiger partial charge in [0.05, 0.1) is 31.9 Å². The molecule has 4 rings (SSSR count). The van der Waals surface area contributed by atoms with Gasteiger partial charge < -0.3 is 24.2 Å². The molecule has 0 spiro atoms. The van der Waals surface area contributed by atoms with Crippen LogP contribution in [0.4, 0.5) is 0 Å². The van der Waals surface area contributed by atoms with Crippen molar-refractivity contribution in [1.82, 2.24) is 9.80 Å². The molecule has 36 heavy (non-hydrogen) atoms. The lowest BCUT2D eigenvalue weighted by atomic mass is 9.94. The van der Waals surface area contributed by atoms with Crippen LogP contribution in [0.25, 0.3) is 5.76 Å². The third kappa shape index (κ3) is 5.29. The Hall–Kier alpha value is -3.62. The SMILES string of the molecule is C=CCOc1ccc(/C(O)=C2/C(=O)C(=O)N(CCN3CCOCC3)C2c2ccc(OC)cc2)c(C)c1. The van der Waals surface area contributed by atoms with Crippen molar-refractivity contribution in [3.63, 3.8) is 0 Å². The quantitative estimate of drug-likeness (QED) is 0.249. The van der Waals surface area contributed by atoms with Crippen LogP contribution < -0.4 is 9.47 Å². The molecule has 1 amide bonds. The molecule has 2 aromatic carbocycles. The molecule has 1 unspecified atom stereocenters. The van der Waals surface area contributed by atoms with E-state index in [4.69, 9.17) is 14.2 Å². The summed E-state index contributed by atoms with van der Waals surface area (Å²) in [6.07, 6.45) is 1.65. The van der Waals surface area contributed by atoms with Gasteiger partial charge in [0.1, 0.15) is 23.9 Å². The number of morpholine rings is 1. The summed E-state index contributed by atoms with van der Waals surface area (Å²) in [5.41, 5.74) is 2.00. The number of nitrogens with zero attached hydrogens (tertiary/aromatic N) is 2. The average Bonchev–Trinajstić information content (AvgIpc) is 3.16. The van der Waals surface area contributed by atoms with E-state index >= 15 is 0 Å². The molecule has 0 aliphatic carbocycles. The monoisotopic (exact) mass is 492 g/mol. The fraction of sp³-hybridized carbons (Fsp3) is 0.357. The first-order valence-corrected chi connectivity index (χ1v) is 12.0. The summed E-state index contributed by atoms with van der Waals surface area (Å²) in [5, 5.41) is 11.4. The highest BCUT2D eigenvalue weighted by Crippen LogP contribution is 2.40. The fourth-order valence-electron chi connectivity index (χ4n) is 4.61. The lowest BCUT2D eigenvalue weighted by molar-refractivity contribution is -0.140. The van der Waals surface area contributed by atoms with Crippen molar-refractivity contribution in [3.8, 4) is 11.5 Å². The van der Waals surface area contributed by atoms with E-state index in [1.807, 2.05) is 19.1 Å². The third-order valence-corrected chi connectivity index (χ3v) is 6.55. The largest absolute Gasteiger partial charge is 0.507 e. The molecule has 2 heterocycles. The van der Waals surface area contributed by atoms with Crippen molar-refractivity contribution in [1.29, 1.82) is 0 Å². The van der Waals surface area contributed by atoms with Crippen LogP contribution in [-0.4, -0.2) is 79.7 Å². The van der Waals surface area contributed by atoms with Crippen molar-refractivity contribution < 1.29 is 28.9 Å². The number of aryl methyl sites for hydroxylation is 1. The Morgan fingerprint density at radius 3 is 2.44 bits per heavy atom. The molecule has 8 nitrogen and oxygen atoms in total. The minimum atomic E-state index is -0.715. The van der Waals surface area contributed by atoms with Gasteiger partial charge in [0.15, 0.2) is 0 Å². The highest BCUT2D eigenvalue weighted by atomic mass is 16.5. The van der Waals surface area contributed by atoms with E-state index in [9.17, 15) is 14.7 Å². The minimum Gasteiger partial charge on any atom is -0.507 e. The van der Waals surface area contributed by atoms with Gasteiger partial charge in [0.25, 0.3) is 11.7 Å². The van der Waals surface area contributed by atoms with Crippen LogP contribution in [0, 0.1) is 6.92 Å². The first kappa shape index (κ1) is 25.5. The number of benzene rings is 2. The van der Waals surface area contributed by atoms with Crippen LogP contribution in [0.3, 0.4) is 0 Å². The van der Waals surface area contributed by atoms with E-state index in [0.29, 0.717) is 50.0 Å². The molecular formula is C28H32N2O6. The molecule has 1 N–H and O–H groups in total. The zero-order valence-corrected chi connectivity index (χ0v) is 20.7. The molecule has 1 atom stereocenters. The molecule has 2 aromatic rings. The summed E-state index contributed by atoms with van der Waals surface area (Å²) in [7, 11) is 1.58. The number of carbonyl (C=O) groups is 2. The van der Waals surface area contributed by atoms with Crippen LogP contribution in [0.2, 0.25) is 0 Å². The van der Waals surface area contributed by atoms with Crippen LogP contribution in [0.15, 0.2) is 60.7 Å². The van der Waals surface area contributed by atoms with Gasteiger partial charge in [-0.25, -0.2) is 0 Å². The molecule has 0 radical (unpaired) electrons. The number of ketones is 1. The van der Waals surface area contributed by atoms with Gasteiger partial charge in [0.2, 0.25) is 0 Å². The number of methoxy groups -OCH3 is 1. The van der Waals surface area contributed by atoms with E-state index < -0.39 is 17.7 Å². The maximum absolute atomic E-state index is 13.3. The number of aliphatic hydroxyl groups excluding tert-OH is 1. The number of ether oxygens (including phenoxy) is 3. The van der Waals surface area contributed by atoms with E-state index in [1.54, 1.807) is 48.4 Å².